The number of aromatic nitrogens is 1. The molecule has 2 aliphatic rings. The standard InChI is InChI=1S/C36H40N4O3S/c1-4-5-17-33-37-36(20-11-12-21-36)35(41)40(33)23-27-18-19-30(28(22-27)24-42-29-13-7-6-8-14-29)31-15-9-10-16-32(31)44-39-34-25(2)26(3)38-43-34/h6-10,13-16,18-19,22,39H,4-5,11-12,17,20-21,23-24H2,1-3H3. The van der Waals surface area contributed by atoms with Crippen molar-refractivity contribution in [2.75, 3.05) is 4.72 Å². The molecule has 0 saturated heterocycles. The molecule has 1 saturated carbocycles. The number of amides is 1. The fourth-order valence-electron chi connectivity index (χ4n) is 6.08. The lowest BCUT2D eigenvalue weighted by atomic mass is 9.96. The molecule has 3 aromatic carbocycles. The Morgan fingerprint density at radius 2 is 1.77 bits per heavy atom. The lowest BCUT2D eigenvalue weighted by molar-refractivity contribution is -0.131. The molecular weight excluding hydrogens is 568 g/mol. The molecule has 0 unspecified atom stereocenters. The first-order chi connectivity index (χ1) is 21.5. The Balaban J connectivity index is 1.31. The zero-order chi connectivity index (χ0) is 30.5. The number of para-hydroxylation sites is 1. The van der Waals surface area contributed by atoms with E-state index in [1.165, 1.54) is 11.9 Å². The average Bonchev–Trinajstić information content (AvgIpc) is 3.73. The van der Waals surface area contributed by atoms with Crippen LogP contribution in [0.1, 0.15) is 74.3 Å². The molecule has 1 N–H and O–H groups in total. The van der Waals surface area contributed by atoms with Gasteiger partial charge in [-0.3, -0.25) is 19.4 Å². The minimum Gasteiger partial charge on any atom is -0.489 e. The van der Waals surface area contributed by atoms with Crippen LogP contribution in [0.4, 0.5) is 5.88 Å². The van der Waals surface area contributed by atoms with Crippen LogP contribution in [0.15, 0.2) is 87.2 Å². The van der Waals surface area contributed by atoms with E-state index in [1.54, 1.807) is 0 Å². The molecule has 1 amide bonds. The first-order valence-corrected chi connectivity index (χ1v) is 16.4. The number of benzene rings is 3. The Morgan fingerprint density at radius 3 is 2.52 bits per heavy atom. The summed E-state index contributed by atoms with van der Waals surface area (Å²) in [5.74, 6) is 2.60. The molecule has 0 atom stereocenters. The molecule has 8 heteroatoms. The van der Waals surface area contributed by atoms with Crippen LogP contribution < -0.4 is 9.46 Å². The van der Waals surface area contributed by atoms with Crippen LogP contribution in [0.5, 0.6) is 5.75 Å². The molecule has 4 aromatic rings. The van der Waals surface area contributed by atoms with E-state index in [9.17, 15) is 4.79 Å². The summed E-state index contributed by atoms with van der Waals surface area (Å²) in [6.45, 7) is 7.03. The van der Waals surface area contributed by atoms with Gasteiger partial charge in [0.2, 0.25) is 5.88 Å². The van der Waals surface area contributed by atoms with Gasteiger partial charge in [0.25, 0.3) is 5.91 Å². The molecule has 1 aromatic heterocycles. The summed E-state index contributed by atoms with van der Waals surface area (Å²) in [4.78, 5) is 21.9. The van der Waals surface area contributed by atoms with Crippen LogP contribution in [0.2, 0.25) is 0 Å². The molecular formula is C36H40N4O3S. The molecule has 2 heterocycles. The minimum absolute atomic E-state index is 0.179. The molecule has 7 nitrogen and oxygen atoms in total. The van der Waals surface area contributed by atoms with Crippen molar-refractivity contribution in [1.82, 2.24) is 10.1 Å². The lowest BCUT2D eigenvalue weighted by Gasteiger charge is -2.23. The number of unbranched alkanes of at least 4 members (excludes halogenated alkanes) is 1. The third-order valence-electron chi connectivity index (χ3n) is 8.72. The third-order valence-corrected chi connectivity index (χ3v) is 9.58. The van der Waals surface area contributed by atoms with E-state index >= 15 is 0 Å². The summed E-state index contributed by atoms with van der Waals surface area (Å²) in [6.07, 6.45) is 6.82. The molecule has 1 fully saturated rings. The number of anilines is 1. The van der Waals surface area contributed by atoms with Crippen molar-refractivity contribution in [3.8, 4) is 16.9 Å². The second-order valence-electron chi connectivity index (χ2n) is 11.8. The van der Waals surface area contributed by atoms with Gasteiger partial charge >= 0.3 is 0 Å². The Hall–Kier alpha value is -4.04. The lowest BCUT2D eigenvalue weighted by Crippen LogP contribution is -2.40. The largest absolute Gasteiger partial charge is 0.489 e. The van der Waals surface area contributed by atoms with Gasteiger partial charge in [-0.25, -0.2) is 0 Å². The number of nitrogens with one attached hydrogen (secondary N) is 1. The van der Waals surface area contributed by atoms with Gasteiger partial charge in [0, 0.05) is 16.9 Å². The van der Waals surface area contributed by atoms with Crippen molar-refractivity contribution in [3.05, 3.63) is 95.2 Å². The zero-order valence-electron chi connectivity index (χ0n) is 25.8. The number of aryl methyl sites for hydroxylation is 1. The molecule has 0 bridgehead atoms. The number of rotatable bonds is 12. The third kappa shape index (κ3) is 6.27. The highest BCUT2D eigenvalue weighted by molar-refractivity contribution is 8.00. The van der Waals surface area contributed by atoms with Gasteiger partial charge in [-0.15, -0.1) is 0 Å². The van der Waals surface area contributed by atoms with Gasteiger partial charge in [0.15, 0.2) is 0 Å². The highest BCUT2D eigenvalue weighted by Gasteiger charge is 2.49. The Kier molecular flexibility index (Phi) is 9.07. The smallest absolute Gasteiger partial charge is 0.256 e. The van der Waals surface area contributed by atoms with Crippen LogP contribution in [0, 0.1) is 13.8 Å². The number of aliphatic imine (C=N–C) groups is 1. The molecule has 44 heavy (non-hydrogen) atoms. The highest BCUT2D eigenvalue weighted by atomic mass is 32.2. The predicted molar refractivity (Wildman–Crippen MR) is 177 cm³/mol. The van der Waals surface area contributed by atoms with Crippen molar-refractivity contribution in [3.63, 3.8) is 0 Å². The van der Waals surface area contributed by atoms with E-state index < -0.39 is 5.54 Å². The van der Waals surface area contributed by atoms with Crippen molar-refractivity contribution in [2.45, 2.75) is 89.3 Å². The number of amidine groups is 1. The SMILES string of the molecule is CCCCC1=NC2(CCCC2)C(=O)N1Cc1ccc(-c2ccccc2SNc2onc(C)c2C)c(COc2ccccc2)c1. The Bertz CT molecular complexity index is 1640. The van der Waals surface area contributed by atoms with Gasteiger partial charge in [-0.2, -0.15) is 0 Å². The topological polar surface area (TPSA) is 80.0 Å². The number of carbonyl (C=O) groups is 1. The fourth-order valence-corrected chi connectivity index (χ4v) is 6.90. The summed E-state index contributed by atoms with van der Waals surface area (Å²) in [7, 11) is 0. The number of ether oxygens (including phenoxy) is 1. The van der Waals surface area contributed by atoms with Gasteiger partial charge in [-0.05, 0) is 91.6 Å². The summed E-state index contributed by atoms with van der Waals surface area (Å²) < 4.78 is 15.1. The summed E-state index contributed by atoms with van der Waals surface area (Å²) in [5, 5.41) is 4.07. The van der Waals surface area contributed by atoms with Crippen molar-refractivity contribution >= 4 is 29.6 Å². The van der Waals surface area contributed by atoms with Crippen molar-refractivity contribution in [2.24, 2.45) is 4.99 Å². The molecule has 228 valence electrons. The molecule has 0 radical (unpaired) electrons. The number of carbonyl (C=O) groups excluding carboxylic acids is 1. The first-order valence-electron chi connectivity index (χ1n) is 15.6. The summed E-state index contributed by atoms with van der Waals surface area (Å²) >= 11 is 1.50. The van der Waals surface area contributed by atoms with Crippen LogP contribution >= 0.6 is 11.9 Å². The van der Waals surface area contributed by atoms with Gasteiger partial charge in [-0.1, -0.05) is 79.9 Å². The summed E-state index contributed by atoms with van der Waals surface area (Å²) in [6, 6.07) is 24.7. The van der Waals surface area contributed by atoms with Gasteiger partial charge in [0.05, 0.1) is 12.2 Å². The monoisotopic (exact) mass is 608 g/mol. The van der Waals surface area contributed by atoms with E-state index in [0.717, 1.165) is 94.9 Å². The van der Waals surface area contributed by atoms with E-state index in [2.05, 4.69) is 53.2 Å². The Labute approximate surface area is 264 Å². The van der Waals surface area contributed by atoms with Crippen LogP contribution in [0.3, 0.4) is 0 Å². The van der Waals surface area contributed by atoms with Gasteiger partial charge in [0.1, 0.15) is 23.7 Å². The van der Waals surface area contributed by atoms with Gasteiger partial charge < -0.3 is 9.26 Å². The van der Waals surface area contributed by atoms with Crippen LogP contribution in [0.25, 0.3) is 11.1 Å². The van der Waals surface area contributed by atoms with E-state index in [4.69, 9.17) is 14.3 Å². The first kappa shape index (κ1) is 30.0. The molecule has 1 spiro atoms. The second-order valence-corrected chi connectivity index (χ2v) is 12.6. The van der Waals surface area contributed by atoms with E-state index in [-0.39, 0.29) is 5.91 Å². The molecule has 1 aliphatic carbocycles. The molecule has 6 rings (SSSR count). The maximum Gasteiger partial charge on any atom is 0.256 e. The normalized spacial score (nSPS) is 15.7. The second kappa shape index (κ2) is 13.3. The van der Waals surface area contributed by atoms with E-state index in [0.29, 0.717) is 19.0 Å². The Morgan fingerprint density at radius 1 is 1.00 bits per heavy atom. The van der Waals surface area contributed by atoms with E-state index in [1.807, 2.05) is 55.1 Å². The quantitative estimate of drug-likeness (QED) is 0.162. The van der Waals surface area contributed by atoms with Crippen molar-refractivity contribution < 1.29 is 14.1 Å². The van der Waals surface area contributed by atoms with Crippen LogP contribution in [-0.2, 0) is 17.9 Å². The molecule has 1 aliphatic heterocycles. The maximum atomic E-state index is 13.8. The summed E-state index contributed by atoms with van der Waals surface area (Å²) in [5.41, 5.74) is 5.63. The highest BCUT2D eigenvalue weighted by Crippen LogP contribution is 2.41. The minimum atomic E-state index is -0.536. The average molecular weight is 609 g/mol. The van der Waals surface area contributed by atoms with Crippen LogP contribution in [-0.4, -0.2) is 27.3 Å². The number of nitrogens with zero attached hydrogens (tertiary/aromatic N) is 3. The predicted octanol–water partition coefficient (Wildman–Crippen LogP) is 8.90. The fraction of sp³-hybridized carbons (Fsp3) is 0.361. The number of hydrogen-bond donors (Lipinski definition) is 1. The zero-order valence-corrected chi connectivity index (χ0v) is 26.6. The maximum absolute atomic E-state index is 13.8. The number of hydrogen-bond acceptors (Lipinski definition) is 7. The van der Waals surface area contributed by atoms with Crippen molar-refractivity contribution in [1.29, 1.82) is 0 Å².